The molecule has 2 aliphatic carbocycles. The van der Waals surface area contributed by atoms with Gasteiger partial charge in [0.1, 0.15) is 4.99 Å². The van der Waals surface area contributed by atoms with Crippen LogP contribution in [0.1, 0.15) is 41.4 Å². The number of thiocarbonyl (C=S) groups is 1. The Morgan fingerprint density at radius 2 is 1.91 bits per heavy atom. The monoisotopic (exact) mass is 436 g/mol. The van der Waals surface area contributed by atoms with Crippen molar-refractivity contribution in [3.05, 3.63) is 124 Å². The molecule has 4 rings (SSSR count). The van der Waals surface area contributed by atoms with Gasteiger partial charge in [-0.05, 0) is 36.6 Å². The largest absolute Gasteiger partial charge is 0.350 e. The van der Waals surface area contributed by atoms with E-state index < -0.39 is 0 Å². The first kappa shape index (κ1) is 21.8. The molecule has 0 saturated heterocycles. The number of hydrogen-bond donors (Lipinski definition) is 1. The zero-order chi connectivity index (χ0) is 22.5. The lowest BCUT2D eigenvalue weighted by Crippen LogP contribution is -2.20. The quantitative estimate of drug-likeness (QED) is 0.512. The van der Waals surface area contributed by atoms with Crippen LogP contribution in [-0.4, -0.2) is 9.56 Å². The highest BCUT2D eigenvalue weighted by Gasteiger charge is 2.19. The highest BCUT2D eigenvalue weighted by atomic mass is 32.1. The Hall–Kier alpha value is -3.43. The van der Waals surface area contributed by atoms with E-state index in [2.05, 4.69) is 85.1 Å². The van der Waals surface area contributed by atoms with E-state index in [1.54, 1.807) is 0 Å². The number of aromatic nitrogens is 1. The maximum Gasteiger partial charge on any atom is 0.110 e. The minimum Gasteiger partial charge on any atom is -0.350 e. The van der Waals surface area contributed by atoms with E-state index in [1.165, 1.54) is 22.4 Å². The summed E-state index contributed by atoms with van der Waals surface area (Å²) in [7, 11) is 2.13. The minimum absolute atomic E-state index is 0.724. The summed E-state index contributed by atoms with van der Waals surface area (Å²) in [5.74, 6) is 0. The molecule has 32 heavy (non-hydrogen) atoms. The van der Waals surface area contributed by atoms with Crippen LogP contribution in [-0.2, 0) is 13.5 Å². The van der Waals surface area contributed by atoms with Crippen molar-refractivity contribution >= 4 is 35.4 Å². The van der Waals surface area contributed by atoms with E-state index in [0.29, 0.717) is 0 Å². The Labute approximate surface area is 196 Å². The molecule has 3 heteroatoms. The van der Waals surface area contributed by atoms with Crippen molar-refractivity contribution in [1.82, 2.24) is 9.88 Å². The predicted octanol–water partition coefficient (Wildman–Crippen LogP) is 6.93. The van der Waals surface area contributed by atoms with E-state index in [9.17, 15) is 0 Å². The van der Waals surface area contributed by atoms with Gasteiger partial charge in [0.15, 0.2) is 0 Å². The number of allylic oxidation sites excluding steroid dienone is 10. The average molecular weight is 437 g/mol. The van der Waals surface area contributed by atoms with Crippen molar-refractivity contribution in [3.8, 4) is 0 Å². The van der Waals surface area contributed by atoms with E-state index in [4.69, 9.17) is 12.2 Å². The summed E-state index contributed by atoms with van der Waals surface area (Å²) in [5.41, 5.74) is 9.40. The van der Waals surface area contributed by atoms with Gasteiger partial charge in [-0.15, -0.1) is 0 Å². The predicted molar refractivity (Wildman–Crippen MR) is 142 cm³/mol. The molecule has 0 atom stereocenters. The van der Waals surface area contributed by atoms with Crippen LogP contribution in [0.25, 0.3) is 18.2 Å². The second-order valence-electron chi connectivity index (χ2n) is 7.99. The molecule has 0 radical (unpaired) electrons. The molecule has 2 aromatic rings. The highest BCUT2D eigenvalue weighted by molar-refractivity contribution is 7.80. The van der Waals surface area contributed by atoms with Gasteiger partial charge in [0, 0.05) is 41.5 Å². The van der Waals surface area contributed by atoms with Gasteiger partial charge in [-0.3, -0.25) is 0 Å². The maximum absolute atomic E-state index is 5.60. The molecule has 1 heterocycles. The minimum atomic E-state index is 0.724. The topological polar surface area (TPSA) is 17.0 Å². The van der Waals surface area contributed by atoms with Crippen molar-refractivity contribution in [1.29, 1.82) is 0 Å². The third-order valence-corrected chi connectivity index (χ3v) is 6.16. The summed E-state index contributed by atoms with van der Waals surface area (Å²) in [4.78, 5) is 0.724. The van der Waals surface area contributed by atoms with Crippen LogP contribution in [0, 0.1) is 0 Å². The van der Waals surface area contributed by atoms with Crippen molar-refractivity contribution < 1.29 is 0 Å². The van der Waals surface area contributed by atoms with Gasteiger partial charge in [0.25, 0.3) is 0 Å². The third kappa shape index (κ3) is 4.58. The second kappa shape index (κ2) is 9.80. The summed E-state index contributed by atoms with van der Waals surface area (Å²) < 4.78 is 2.27. The zero-order valence-electron chi connectivity index (χ0n) is 18.6. The summed E-state index contributed by atoms with van der Waals surface area (Å²) >= 11 is 5.60. The molecule has 0 bridgehead atoms. The summed E-state index contributed by atoms with van der Waals surface area (Å²) in [6, 6.07) is 10.0. The van der Waals surface area contributed by atoms with Crippen molar-refractivity contribution in [2.45, 2.75) is 19.8 Å². The van der Waals surface area contributed by atoms with E-state index in [-0.39, 0.29) is 0 Å². The fourth-order valence-electron chi connectivity index (χ4n) is 4.17. The van der Waals surface area contributed by atoms with Crippen LogP contribution >= 0.6 is 12.2 Å². The Morgan fingerprint density at radius 1 is 1.09 bits per heavy atom. The lowest BCUT2D eigenvalue weighted by molar-refractivity contribution is 0.845. The number of benzene rings is 1. The molecule has 0 fully saturated rings. The number of nitrogens with one attached hydrogen (secondary N) is 1. The lowest BCUT2D eigenvalue weighted by Gasteiger charge is -2.10. The molecule has 1 aromatic heterocycles. The molecule has 0 spiro atoms. The molecule has 0 saturated carbocycles. The molecule has 1 aromatic carbocycles. The molecule has 0 aliphatic heterocycles. The molecule has 160 valence electrons. The van der Waals surface area contributed by atoms with Crippen LogP contribution in [0.4, 0.5) is 0 Å². The first-order chi connectivity index (χ1) is 15.6. The van der Waals surface area contributed by atoms with E-state index in [1.807, 2.05) is 36.4 Å². The molecule has 1 N–H and O–H groups in total. The van der Waals surface area contributed by atoms with Crippen molar-refractivity contribution in [2.75, 3.05) is 0 Å². The first-order valence-electron chi connectivity index (χ1n) is 10.9. The Balaban J connectivity index is 1.70. The fourth-order valence-corrected chi connectivity index (χ4v) is 4.47. The normalized spacial score (nSPS) is 15.4. The van der Waals surface area contributed by atoms with Crippen molar-refractivity contribution in [2.24, 2.45) is 7.05 Å². The fraction of sp³-hybridized carbons (Fsp3) is 0.138. The third-order valence-electron chi connectivity index (χ3n) is 5.82. The number of rotatable bonds is 5. The highest BCUT2D eigenvalue weighted by Crippen LogP contribution is 2.32. The average Bonchev–Trinajstić information content (AvgIpc) is 3.08. The molecular weight excluding hydrogens is 408 g/mol. The summed E-state index contributed by atoms with van der Waals surface area (Å²) in [6.45, 7) is 6.19. The van der Waals surface area contributed by atoms with Crippen LogP contribution in [0.3, 0.4) is 0 Å². The Bertz CT molecular complexity index is 1230. The van der Waals surface area contributed by atoms with Crippen LogP contribution in [0.2, 0.25) is 0 Å². The summed E-state index contributed by atoms with van der Waals surface area (Å²) in [5, 5.41) is 3.37. The number of nitrogens with zero attached hydrogens (tertiary/aromatic N) is 1. The van der Waals surface area contributed by atoms with Crippen LogP contribution in [0.5, 0.6) is 0 Å². The Kier molecular flexibility index (Phi) is 6.67. The molecule has 0 amide bonds. The van der Waals surface area contributed by atoms with Crippen molar-refractivity contribution in [3.63, 3.8) is 0 Å². The summed E-state index contributed by atoms with van der Waals surface area (Å²) in [6.07, 6.45) is 23.4. The number of hydrogen-bond acceptors (Lipinski definition) is 1. The molecule has 2 nitrogen and oxygen atoms in total. The van der Waals surface area contributed by atoms with Gasteiger partial charge < -0.3 is 9.88 Å². The van der Waals surface area contributed by atoms with Gasteiger partial charge in [0.2, 0.25) is 0 Å². The standard InChI is InChI=1S/C29H28N2S/c1-4-25-26-20-24(22-13-8-5-6-9-14-22)17-12-18-27(26)31(3)28(25)19-21(2)30-29(32)23-15-10-7-11-16-23/h4-13,15-17,19-20H,1,14,18H2,2-3H3,(H,30,32)/b21-19+. The van der Waals surface area contributed by atoms with Crippen LogP contribution < -0.4 is 5.32 Å². The zero-order valence-corrected chi connectivity index (χ0v) is 19.5. The Morgan fingerprint density at radius 3 is 2.69 bits per heavy atom. The smallest absolute Gasteiger partial charge is 0.110 e. The van der Waals surface area contributed by atoms with E-state index >= 15 is 0 Å². The van der Waals surface area contributed by atoms with Gasteiger partial charge in [-0.2, -0.15) is 0 Å². The molecular formula is C29H28N2S. The van der Waals surface area contributed by atoms with Crippen LogP contribution in [0.15, 0.2) is 96.3 Å². The van der Waals surface area contributed by atoms with E-state index in [0.717, 1.165) is 40.3 Å². The first-order valence-corrected chi connectivity index (χ1v) is 11.3. The van der Waals surface area contributed by atoms with Gasteiger partial charge in [-0.1, -0.05) is 97.7 Å². The van der Waals surface area contributed by atoms with Gasteiger partial charge >= 0.3 is 0 Å². The molecule has 0 unspecified atom stereocenters. The SMILES string of the molecule is C=Cc1c2c(n(C)c1/C=C(\C)NC(=S)c1ccccc1)CC=CC(C1=CC=CC=CC1)=C2. The van der Waals surface area contributed by atoms with Gasteiger partial charge in [0.05, 0.1) is 5.69 Å². The lowest BCUT2D eigenvalue weighted by atomic mass is 9.99. The second-order valence-corrected chi connectivity index (χ2v) is 8.39. The maximum atomic E-state index is 5.60. The molecule has 2 aliphatic rings. The van der Waals surface area contributed by atoms with Gasteiger partial charge in [-0.25, -0.2) is 0 Å². The number of fused-ring (bicyclic) bond motifs is 1.